The van der Waals surface area contributed by atoms with Crippen molar-refractivity contribution in [3.63, 3.8) is 0 Å². The Labute approximate surface area is 171 Å². The number of rotatable bonds is 4. The lowest BCUT2D eigenvalue weighted by Crippen LogP contribution is -2.55. The third-order valence-corrected chi connectivity index (χ3v) is 5.83. The number of imidazole rings is 1. The summed E-state index contributed by atoms with van der Waals surface area (Å²) in [5.41, 5.74) is 0.430. The number of amides is 2. The van der Waals surface area contributed by atoms with E-state index in [9.17, 15) is 9.59 Å². The molecule has 0 saturated carbocycles. The fourth-order valence-electron chi connectivity index (χ4n) is 4.23. The van der Waals surface area contributed by atoms with E-state index in [0.717, 1.165) is 11.4 Å². The van der Waals surface area contributed by atoms with Crippen molar-refractivity contribution in [3.8, 4) is 0 Å². The summed E-state index contributed by atoms with van der Waals surface area (Å²) < 4.78 is 8.43. The molecule has 2 aliphatic rings. The molecule has 0 radical (unpaired) electrons. The van der Waals surface area contributed by atoms with E-state index < -0.39 is 11.7 Å². The maximum Gasteiger partial charge on any atom is 0.251 e. The van der Waals surface area contributed by atoms with Crippen molar-refractivity contribution in [3.05, 3.63) is 54.1 Å². The summed E-state index contributed by atoms with van der Waals surface area (Å²) in [4.78, 5) is 31.6. The predicted molar refractivity (Wildman–Crippen MR) is 108 cm³/mol. The van der Waals surface area contributed by atoms with Crippen LogP contribution in [0.15, 0.2) is 42.7 Å². The number of piperidine rings is 1. The number of hydrogen-bond donors (Lipinski definition) is 1. The van der Waals surface area contributed by atoms with Crippen molar-refractivity contribution in [1.82, 2.24) is 19.8 Å². The van der Waals surface area contributed by atoms with Gasteiger partial charge in [-0.2, -0.15) is 0 Å². The van der Waals surface area contributed by atoms with E-state index in [1.807, 2.05) is 59.8 Å². The van der Waals surface area contributed by atoms with Crippen LogP contribution >= 0.6 is 0 Å². The third-order valence-electron chi connectivity index (χ3n) is 5.83. The van der Waals surface area contributed by atoms with E-state index in [4.69, 9.17) is 4.74 Å². The Morgan fingerprint density at radius 3 is 2.66 bits per heavy atom. The Balaban J connectivity index is 1.46. The lowest BCUT2D eigenvalue weighted by Gasteiger charge is -2.45. The van der Waals surface area contributed by atoms with E-state index in [0.29, 0.717) is 39.0 Å². The topological polar surface area (TPSA) is 76.5 Å². The van der Waals surface area contributed by atoms with Crippen LogP contribution in [0, 0.1) is 5.92 Å². The van der Waals surface area contributed by atoms with E-state index in [1.165, 1.54) is 0 Å². The standard InChI is InChI=1S/C22H28N4O3/c1-16(2)20(28)25-11-8-22(9-12-25)21-23-10-13-26(21)15-18(29-22)19(27)24-14-17-6-4-3-5-7-17/h3-7,10,13,16,18H,8-9,11-12,14-15H2,1-2H3,(H,24,27). The molecule has 2 amide bonds. The maximum atomic E-state index is 12.9. The number of carbonyl (C=O) groups excluding carboxylic acids is 2. The molecule has 1 fully saturated rings. The van der Waals surface area contributed by atoms with Gasteiger partial charge in [-0.1, -0.05) is 44.2 Å². The fourth-order valence-corrected chi connectivity index (χ4v) is 4.23. The SMILES string of the molecule is CC(C)C(=O)N1CCC2(CC1)OC(C(=O)NCc1ccccc1)Cn1ccnc12. The number of aromatic nitrogens is 2. The normalized spacial score (nSPS) is 20.5. The van der Waals surface area contributed by atoms with Crippen molar-refractivity contribution in [2.45, 2.75) is 51.5 Å². The first-order chi connectivity index (χ1) is 14.0. The van der Waals surface area contributed by atoms with E-state index >= 15 is 0 Å². The molecule has 2 aromatic rings. The predicted octanol–water partition coefficient (Wildman–Crippen LogP) is 2.07. The minimum atomic E-state index is -0.621. The molecular weight excluding hydrogens is 368 g/mol. The minimum Gasteiger partial charge on any atom is -0.352 e. The van der Waals surface area contributed by atoms with Crippen LogP contribution in [-0.4, -0.2) is 45.5 Å². The second kappa shape index (κ2) is 7.99. The van der Waals surface area contributed by atoms with Crippen molar-refractivity contribution in [1.29, 1.82) is 0 Å². The summed E-state index contributed by atoms with van der Waals surface area (Å²) in [6.07, 6.45) is 4.38. The summed E-state index contributed by atoms with van der Waals surface area (Å²) in [6, 6.07) is 9.84. The van der Waals surface area contributed by atoms with Gasteiger partial charge in [0.15, 0.2) is 6.10 Å². The molecule has 0 aliphatic carbocycles. The molecule has 7 heteroatoms. The molecule has 1 saturated heterocycles. The lowest BCUT2D eigenvalue weighted by molar-refractivity contribution is -0.176. The highest BCUT2D eigenvalue weighted by molar-refractivity contribution is 5.81. The number of hydrogen-bond acceptors (Lipinski definition) is 4. The van der Waals surface area contributed by atoms with Crippen molar-refractivity contribution in [2.75, 3.05) is 13.1 Å². The van der Waals surface area contributed by atoms with Crippen molar-refractivity contribution in [2.24, 2.45) is 5.92 Å². The van der Waals surface area contributed by atoms with Crippen LogP contribution in [0.1, 0.15) is 38.1 Å². The summed E-state index contributed by atoms with van der Waals surface area (Å²) in [6.45, 7) is 5.99. The first-order valence-electron chi connectivity index (χ1n) is 10.3. The number of carbonyl (C=O) groups is 2. The molecule has 2 aliphatic heterocycles. The van der Waals surface area contributed by atoms with Crippen LogP contribution in [0.5, 0.6) is 0 Å². The molecule has 0 bridgehead atoms. The smallest absolute Gasteiger partial charge is 0.251 e. The number of fused-ring (bicyclic) bond motifs is 2. The summed E-state index contributed by atoms with van der Waals surface area (Å²) >= 11 is 0. The van der Waals surface area contributed by atoms with Gasteiger partial charge in [0, 0.05) is 50.8 Å². The quantitative estimate of drug-likeness (QED) is 0.858. The van der Waals surface area contributed by atoms with Gasteiger partial charge in [0.05, 0.1) is 6.54 Å². The van der Waals surface area contributed by atoms with Gasteiger partial charge in [0.25, 0.3) is 5.91 Å². The monoisotopic (exact) mass is 396 g/mol. The van der Waals surface area contributed by atoms with E-state index in [-0.39, 0.29) is 17.7 Å². The molecule has 1 unspecified atom stereocenters. The molecule has 1 N–H and O–H groups in total. The summed E-state index contributed by atoms with van der Waals surface area (Å²) in [7, 11) is 0. The molecule has 29 heavy (non-hydrogen) atoms. The van der Waals surface area contributed by atoms with Gasteiger partial charge in [0.2, 0.25) is 5.91 Å². The van der Waals surface area contributed by atoms with Gasteiger partial charge in [-0.15, -0.1) is 0 Å². The van der Waals surface area contributed by atoms with Crippen LogP contribution in [0.4, 0.5) is 0 Å². The number of benzene rings is 1. The molecule has 7 nitrogen and oxygen atoms in total. The Morgan fingerprint density at radius 2 is 1.97 bits per heavy atom. The van der Waals surface area contributed by atoms with Gasteiger partial charge in [-0.25, -0.2) is 4.98 Å². The van der Waals surface area contributed by atoms with Crippen LogP contribution in [0.2, 0.25) is 0 Å². The van der Waals surface area contributed by atoms with Gasteiger partial charge >= 0.3 is 0 Å². The fraction of sp³-hybridized carbons (Fsp3) is 0.500. The molecule has 1 aromatic heterocycles. The summed E-state index contributed by atoms with van der Waals surface area (Å²) in [5, 5.41) is 2.99. The van der Waals surface area contributed by atoms with Gasteiger partial charge in [-0.3, -0.25) is 9.59 Å². The molecule has 154 valence electrons. The van der Waals surface area contributed by atoms with Gasteiger partial charge in [0.1, 0.15) is 11.4 Å². The Bertz CT molecular complexity index is 869. The highest BCUT2D eigenvalue weighted by atomic mass is 16.5. The Morgan fingerprint density at radius 1 is 1.24 bits per heavy atom. The largest absolute Gasteiger partial charge is 0.352 e. The van der Waals surface area contributed by atoms with E-state index in [1.54, 1.807) is 6.20 Å². The van der Waals surface area contributed by atoms with Crippen molar-refractivity contribution < 1.29 is 14.3 Å². The first kappa shape index (κ1) is 19.6. The van der Waals surface area contributed by atoms with Crippen LogP contribution < -0.4 is 5.32 Å². The number of nitrogens with zero attached hydrogens (tertiary/aromatic N) is 3. The average Bonchev–Trinajstić information content (AvgIpc) is 3.22. The zero-order valence-electron chi connectivity index (χ0n) is 17.0. The molecule has 4 rings (SSSR count). The molecular formula is C22H28N4O3. The number of likely N-dealkylation sites (tertiary alicyclic amines) is 1. The molecule has 3 heterocycles. The minimum absolute atomic E-state index is 0.0187. The Hall–Kier alpha value is -2.67. The molecule has 1 spiro atoms. The summed E-state index contributed by atoms with van der Waals surface area (Å²) in [5.74, 6) is 0.889. The second-order valence-corrected chi connectivity index (χ2v) is 8.19. The molecule has 1 atom stereocenters. The second-order valence-electron chi connectivity index (χ2n) is 8.19. The number of nitrogens with one attached hydrogen (secondary N) is 1. The zero-order chi connectivity index (χ0) is 20.4. The highest BCUT2D eigenvalue weighted by Crippen LogP contribution is 2.40. The van der Waals surface area contributed by atoms with Crippen molar-refractivity contribution >= 4 is 11.8 Å². The average molecular weight is 396 g/mol. The highest BCUT2D eigenvalue weighted by Gasteiger charge is 2.47. The van der Waals surface area contributed by atoms with E-state index in [2.05, 4.69) is 10.3 Å². The third kappa shape index (κ3) is 3.92. The van der Waals surface area contributed by atoms with Crippen LogP contribution in [0.25, 0.3) is 0 Å². The van der Waals surface area contributed by atoms with Crippen LogP contribution in [-0.2, 0) is 33.0 Å². The van der Waals surface area contributed by atoms with Gasteiger partial charge in [-0.05, 0) is 5.56 Å². The van der Waals surface area contributed by atoms with Gasteiger partial charge < -0.3 is 19.5 Å². The maximum absolute atomic E-state index is 12.9. The zero-order valence-corrected chi connectivity index (χ0v) is 17.0. The Kier molecular flexibility index (Phi) is 5.41. The first-order valence-corrected chi connectivity index (χ1v) is 10.3. The lowest BCUT2D eigenvalue weighted by atomic mass is 9.88. The number of ether oxygens (including phenoxy) is 1. The van der Waals surface area contributed by atoms with Crippen LogP contribution in [0.3, 0.4) is 0 Å². The molecule has 1 aromatic carbocycles.